The molecule has 4 heteroatoms. The molecule has 0 saturated carbocycles. The van der Waals surface area contributed by atoms with E-state index in [1.807, 2.05) is 49.5 Å². The van der Waals surface area contributed by atoms with E-state index in [-0.39, 0.29) is 6.04 Å². The Kier molecular flexibility index (Phi) is 4.10. The number of hydrogen-bond acceptors (Lipinski definition) is 4. The Morgan fingerprint density at radius 2 is 1.82 bits per heavy atom. The molecule has 0 amide bonds. The first-order valence-corrected chi connectivity index (χ1v) is 7.30. The Morgan fingerprint density at radius 1 is 1.00 bits per heavy atom. The normalized spacial score (nSPS) is 11.9. The first-order chi connectivity index (χ1) is 10.7. The third-order valence-corrected chi connectivity index (χ3v) is 3.46. The number of pyridine rings is 1. The molecule has 4 nitrogen and oxygen atoms in total. The van der Waals surface area contributed by atoms with E-state index in [1.165, 1.54) is 5.56 Å². The monoisotopic (exact) mass is 290 g/mol. The highest BCUT2D eigenvalue weighted by Gasteiger charge is 2.08. The van der Waals surface area contributed by atoms with Crippen LogP contribution < -0.4 is 5.32 Å². The molecule has 0 aliphatic heterocycles. The summed E-state index contributed by atoms with van der Waals surface area (Å²) in [5.74, 6) is 1.56. The molecule has 110 valence electrons. The molecule has 0 bridgehead atoms. The molecule has 1 unspecified atom stereocenters. The van der Waals surface area contributed by atoms with Crippen LogP contribution in [0.25, 0.3) is 11.3 Å². The van der Waals surface area contributed by atoms with Crippen LogP contribution in [0.4, 0.5) is 5.82 Å². The van der Waals surface area contributed by atoms with Crippen molar-refractivity contribution in [2.24, 2.45) is 0 Å². The van der Waals surface area contributed by atoms with Gasteiger partial charge in [-0.2, -0.15) is 0 Å². The van der Waals surface area contributed by atoms with Crippen molar-refractivity contribution >= 4 is 5.82 Å². The van der Waals surface area contributed by atoms with Crippen molar-refractivity contribution in [1.82, 2.24) is 15.0 Å². The maximum atomic E-state index is 4.49. The molecule has 1 N–H and O–H groups in total. The molecule has 1 atom stereocenters. The van der Waals surface area contributed by atoms with Crippen LogP contribution in [0.2, 0.25) is 0 Å². The van der Waals surface area contributed by atoms with Crippen molar-refractivity contribution in [2.75, 3.05) is 5.32 Å². The maximum absolute atomic E-state index is 4.49. The summed E-state index contributed by atoms with van der Waals surface area (Å²) in [4.78, 5) is 13.1. The van der Waals surface area contributed by atoms with Crippen molar-refractivity contribution in [2.45, 2.75) is 19.9 Å². The quantitative estimate of drug-likeness (QED) is 0.788. The zero-order chi connectivity index (χ0) is 15.4. The van der Waals surface area contributed by atoms with E-state index in [1.54, 1.807) is 6.20 Å². The average Bonchev–Trinajstić information content (AvgIpc) is 2.56. The fourth-order valence-electron chi connectivity index (χ4n) is 2.35. The molecule has 1 aromatic carbocycles. The summed E-state index contributed by atoms with van der Waals surface area (Å²) >= 11 is 0. The molecule has 22 heavy (non-hydrogen) atoms. The summed E-state index contributed by atoms with van der Waals surface area (Å²) in [7, 11) is 0. The fourth-order valence-corrected chi connectivity index (χ4v) is 2.35. The van der Waals surface area contributed by atoms with E-state index in [2.05, 4.69) is 39.3 Å². The van der Waals surface area contributed by atoms with Gasteiger partial charge in [-0.25, -0.2) is 9.97 Å². The summed E-state index contributed by atoms with van der Waals surface area (Å²) in [6, 6.07) is 16.4. The van der Waals surface area contributed by atoms with Crippen molar-refractivity contribution in [3.05, 3.63) is 72.3 Å². The maximum Gasteiger partial charge on any atom is 0.130 e. The lowest BCUT2D eigenvalue weighted by Gasteiger charge is -2.16. The third kappa shape index (κ3) is 3.28. The van der Waals surface area contributed by atoms with Crippen LogP contribution in [0.1, 0.15) is 24.4 Å². The molecule has 2 aromatic heterocycles. The molecule has 0 aliphatic rings. The highest BCUT2D eigenvalue weighted by molar-refractivity contribution is 5.61. The van der Waals surface area contributed by atoms with Gasteiger partial charge >= 0.3 is 0 Å². The number of benzene rings is 1. The zero-order valence-electron chi connectivity index (χ0n) is 12.7. The van der Waals surface area contributed by atoms with Gasteiger partial charge in [0, 0.05) is 30.1 Å². The first kappa shape index (κ1) is 14.2. The van der Waals surface area contributed by atoms with Gasteiger partial charge in [-0.3, -0.25) is 4.98 Å². The first-order valence-electron chi connectivity index (χ1n) is 7.30. The number of aryl methyl sites for hydroxylation is 1. The van der Waals surface area contributed by atoms with E-state index in [0.29, 0.717) is 0 Å². The number of rotatable bonds is 4. The Bertz CT molecular complexity index is 742. The standard InChI is InChI=1S/C18H18N4/c1-13(15-7-4-3-5-8-15)20-18-11-17(21-14(2)22-18)16-9-6-10-19-12-16/h3-13H,1-2H3,(H,20,21,22). The number of anilines is 1. The van der Waals surface area contributed by atoms with Gasteiger partial charge in [0.15, 0.2) is 0 Å². The van der Waals surface area contributed by atoms with Gasteiger partial charge in [0.05, 0.1) is 5.69 Å². The van der Waals surface area contributed by atoms with E-state index in [9.17, 15) is 0 Å². The van der Waals surface area contributed by atoms with Gasteiger partial charge in [0.2, 0.25) is 0 Å². The number of aromatic nitrogens is 3. The minimum atomic E-state index is 0.178. The summed E-state index contributed by atoms with van der Waals surface area (Å²) in [6.45, 7) is 4.02. The molecule has 2 heterocycles. The second-order valence-electron chi connectivity index (χ2n) is 5.20. The minimum absolute atomic E-state index is 0.178. The van der Waals surface area contributed by atoms with Gasteiger partial charge in [0.25, 0.3) is 0 Å². The van der Waals surface area contributed by atoms with Crippen LogP contribution in [-0.4, -0.2) is 15.0 Å². The van der Waals surface area contributed by atoms with Gasteiger partial charge in [0.1, 0.15) is 11.6 Å². The predicted octanol–water partition coefficient (Wildman–Crippen LogP) is 4.02. The van der Waals surface area contributed by atoms with Gasteiger partial charge < -0.3 is 5.32 Å². The van der Waals surface area contributed by atoms with Crippen molar-refractivity contribution in [1.29, 1.82) is 0 Å². The Hall–Kier alpha value is -2.75. The largest absolute Gasteiger partial charge is 0.363 e. The second kappa shape index (κ2) is 6.35. The summed E-state index contributed by atoms with van der Waals surface area (Å²) in [5, 5.41) is 3.44. The van der Waals surface area contributed by atoms with Crippen LogP contribution in [0.15, 0.2) is 60.9 Å². The van der Waals surface area contributed by atoms with Crippen molar-refractivity contribution in [3.63, 3.8) is 0 Å². The fraction of sp³-hybridized carbons (Fsp3) is 0.167. The van der Waals surface area contributed by atoms with Crippen LogP contribution >= 0.6 is 0 Å². The van der Waals surface area contributed by atoms with Gasteiger partial charge in [-0.15, -0.1) is 0 Å². The molecule has 0 aliphatic carbocycles. The summed E-state index contributed by atoms with van der Waals surface area (Å²) in [6.07, 6.45) is 3.57. The van der Waals surface area contributed by atoms with Crippen LogP contribution in [0.3, 0.4) is 0 Å². The minimum Gasteiger partial charge on any atom is -0.363 e. The predicted molar refractivity (Wildman–Crippen MR) is 88.5 cm³/mol. The zero-order valence-corrected chi connectivity index (χ0v) is 12.7. The molecule has 0 saturated heterocycles. The smallest absolute Gasteiger partial charge is 0.130 e. The molecule has 3 rings (SSSR count). The van der Waals surface area contributed by atoms with E-state index in [0.717, 1.165) is 22.9 Å². The lowest BCUT2D eigenvalue weighted by atomic mass is 10.1. The van der Waals surface area contributed by atoms with Gasteiger partial charge in [-0.05, 0) is 31.5 Å². The third-order valence-electron chi connectivity index (χ3n) is 3.46. The van der Waals surface area contributed by atoms with Crippen molar-refractivity contribution in [3.8, 4) is 11.3 Å². The lowest BCUT2D eigenvalue weighted by molar-refractivity contribution is 0.867. The topological polar surface area (TPSA) is 50.7 Å². The molecule has 0 fully saturated rings. The number of nitrogens with zero attached hydrogens (tertiary/aromatic N) is 3. The van der Waals surface area contributed by atoms with E-state index < -0.39 is 0 Å². The highest BCUT2D eigenvalue weighted by Crippen LogP contribution is 2.22. The number of nitrogens with one attached hydrogen (secondary N) is 1. The van der Waals surface area contributed by atoms with E-state index >= 15 is 0 Å². The number of hydrogen-bond donors (Lipinski definition) is 1. The lowest BCUT2D eigenvalue weighted by Crippen LogP contribution is -2.09. The molecular formula is C18H18N4. The average molecular weight is 290 g/mol. The van der Waals surface area contributed by atoms with Crippen LogP contribution in [-0.2, 0) is 0 Å². The SMILES string of the molecule is Cc1nc(NC(C)c2ccccc2)cc(-c2cccnc2)n1. The summed E-state index contributed by atoms with van der Waals surface area (Å²) in [5.41, 5.74) is 3.09. The molecule has 3 aromatic rings. The van der Waals surface area contributed by atoms with Crippen LogP contribution in [0.5, 0.6) is 0 Å². The second-order valence-corrected chi connectivity index (χ2v) is 5.20. The summed E-state index contributed by atoms with van der Waals surface area (Å²) < 4.78 is 0. The van der Waals surface area contributed by atoms with Crippen molar-refractivity contribution < 1.29 is 0 Å². The molecule has 0 radical (unpaired) electrons. The van der Waals surface area contributed by atoms with E-state index in [4.69, 9.17) is 0 Å². The highest BCUT2D eigenvalue weighted by atomic mass is 15.0. The van der Waals surface area contributed by atoms with Crippen LogP contribution in [0, 0.1) is 6.92 Å². The Labute approximate surface area is 130 Å². The Balaban J connectivity index is 1.87. The van der Waals surface area contributed by atoms with Gasteiger partial charge in [-0.1, -0.05) is 30.3 Å². The Morgan fingerprint density at radius 3 is 2.55 bits per heavy atom. The molecular weight excluding hydrogens is 272 g/mol. The molecule has 0 spiro atoms.